The van der Waals surface area contributed by atoms with E-state index in [1.54, 1.807) is 6.92 Å². The Morgan fingerprint density at radius 1 is 1.10 bits per heavy atom. The van der Waals surface area contributed by atoms with Crippen molar-refractivity contribution in [2.45, 2.75) is 20.0 Å². The molecule has 1 unspecified atom stereocenters. The monoisotopic (exact) mass is 285 g/mol. The molecule has 6 N–H and O–H groups in total. The summed E-state index contributed by atoms with van der Waals surface area (Å²) in [6.45, 7) is 3.64. The van der Waals surface area contributed by atoms with E-state index in [0.717, 1.165) is 22.3 Å². The molecule has 2 rings (SSSR count). The van der Waals surface area contributed by atoms with Crippen LogP contribution in [0.15, 0.2) is 36.4 Å². The van der Waals surface area contributed by atoms with Crippen LogP contribution in [0.2, 0.25) is 0 Å². The number of para-hydroxylation sites is 1. The summed E-state index contributed by atoms with van der Waals surface area (Å²) in [5, 5.41) is 0. The predicted molar refractivity (Wildman–Crippen MR) is 84.5 cm³/mol. The fourth-order valence-corrected chi connectivity index (χ4v) is 2.40. The number of rotatable bonds is 3. The van der Waals surface area contributed by atoms with Crippen molar-refractivity contribution < 1.29 is 9.53 Å². The largest absolute Gasteiger partial charge is 0.442 e. The van der Waals surface area contributed by atoms with Gasteiger partial charge < -0.3 is 21.9 Å². The van der Waals surface area contributed by atoms with Crippen LogP contribution in [0.3, 0.4) is 0 Å². The Labute approximate surface area is 123 Å². The first-order valence-corrected chi connectivity index (χ1v) is 6.61. The zero-order valence-corrected chi connectivity index (χ0v) is 12.1. The van der Waals surface area contributed by atoms with Gasteiger partial charge >= 0.3 is 6.09 Å². The van der Waals surface area contributed by atoms with E-state index < -0.39 is 12.2 Å². The van der Waals surface area contributed by atoms with Gasteiger partial charge in [-0.3, -0.25) is 0 Å². The summed E-state index contributed by atoms with van der Waals surface area (Å²) in [4.78, 5) is 10.9. The predicted octanol–water partition coefficient (Wildman–Crippen LogP) is 2.98. The Morgan fingerprint density at radius 2 is 1.76 bits per heavy atom. The van der Waals surface area contributed by atoms with Crippen LogP contribution in [-0.2, 0) is 4.74 Å². The molecule has 110 valence electrons. The van der Waals surface area contributed by atoms with Gasteiger partial charge in [0.15, 0.2) is 0 Å². The summed E-state index contributed by atoms with van der Waals surface area (Å²) in [5.41, 5.74) is 22.0. The third-order valence-corrected chi connectivity index (χ3v) is 3.54. The Hall–Kier alpha value is -2.69. The van der Waals surface area contributed by atoms with Crippen molar-refractivity contribution in [3.63, 3.8) is 0 Å². The summed E-state index contributed by atoms with van der Waals surface area (Å²) in [5.74, 6) is 0. The van der Waals surface area contributed by atoms with Gasteiger partial charge in [0.05, 0.1) is 0 Å². The van der Waals surface area contributed by atoms with Crippen LogP contribution >= 0.6 is 0 Å². The topological polar surface area (TPSA) is 104 Å². The van der Waals surface area contributed by atoms with Crippen molar-refractivity contribution in [2.24, 2.45) is 5.73 Å². The number of nitrogen functional groups attached to an aromatic ring is 2. The van der Waals surface area contributed by atoms with E-state index in [-0.39, 0.29) is 0 Å². The zero-order valence-electron chi connectivity index (χ0n) is 12.1. The lowest BCUT2D eigenvalue weighted by Crippen LogP contribution is -2.16. The summed E-state index contributed by atoms with van der Waals surface area (Å²) >= 11 is 0. The van der Waals surface area contributed by atoms with E-state index >= 15 is 0 Å². The van der Waals surface area contributed by atoms with Gasteiger partial charge in [0, 0.05) is 22.5 Å². The van der Waals surface area contributed by atoms with Crippen LogP contribution in [0, 0.1) is 6.92 Å². The molecule has 0 aromatic heterocycles. The number of anilines is 2. The average Bonchev–Trinajstić information content (AvgIpc) is 2.42. The number of carbonyl (C=O) groups is 1. The van der Waals surface area contributed by atoms with Crippen LogP contribution in [0.5, 0.6) is 0 Å². The Kier molecular flexibility index (Phi) is 4.03. The number of amides is 1. The second-order valence-electron chi connectivity index (χ2n) is 4.91. The molecule has 0 aliphatic carbocycles. The number of benzene rings is 2. The van der Waals surface area contributed by atoms with Crippen molar-refractivity contribution in [1.82, 2.24) is 0 Å². The average molecular weight is 285 g/mol. The molecule has 0 spiro atoms. The first-order valence-electron chi connectivity index (χ1n) is 6.61. The molecule has 5 nitrogen and oxygen atoms in total. The number of nitrogens with two attached hydrogens (primary N) is 3. The van der Waals surface area contributed by atoms with E-state index in [1.807, 2.05) is 43.3 Å². The number of carbonyl (C=O) groups excluding carboxylic acids is 1. The maximum absolute atomic E-state index is 10.9. The fourth-order valence-electron chi connectivity index (χ4n) is 2.40. The molecule has 0 saturated heterocycles. The van der Waals surface area contributed by atoms with Crippen molar-refractivity contribution in [3.8, 4) is 11.1 Å². The first kappa shape index (κ1) is 14.7. The molecule has 0 fully saturated rings. The molecule has 1 atom stereocenters. The van der Waals surface area contributed by atoms with Gasteiger partial charge in [-0.2, -0.15) is 0 Å². The van der Waals surface area contributed by atoms with Gasteiger partial charge in [0.1, 0.15) is 6.10 Å². The van der Waals surface area contributed by atoms with E-state index in [9.17, 15) is 4.79 Å². The summed E-state index contributed by atoms with van der Waals surface area (Å²) in [6, 6.07) is 11.3. The van der Waals surface area contributed by atoms with Crippen LogP contribution in [0.4, 0.5) is 16.2 Å². The summed E-state index contributed by atoms with van der Waals surface area (Å²) in [6.07, 6.45) is -1.26. The fraction of sp³-hybridized carbons (Fsp3) is 0.188. The second-order valence-corrected chi connectivity index (χ2v) is 4.91. The molecule has 0 heterocycles. The SMILES string of the molecule is Cc1c(C(C)OC(N)=O)ccc(-c2ccccc2N)c1N. The van der Waals surface area contributed by atoms with E-state index in [1.165, 1.54) is 0 Å². The highest BCUT2D eigenvalue weighted by Crippen LogP contribution is 2.35. The molecule has 0 aliphatic heterocycles. The molecule has 21 heavy (non-hydrogen) atoms. The summed E-state index contributed by atoms with van der Waals surface area (Å²) < 4.78 is 5.00. The van der Waals surface area contributed by atoms with E-state index in [0.29, 0.717) is 11.4 Å². The molecule has 5 heteroatoms. The second kappa shape index (κ2) is 5.75. The van der Waals surface area contributed by atoms with Gasteiger partial charge in [0.2, 0.25) is 0 Å². The minimum atomic E-state index is -0.808. The van der Waals surface area contributed by atoms with Gasteiger partial charge in [-0.1, -0.05) is 30.3 Å². The maximum Gasteiger partial charge on any atom is 0.405 e. The highest BCUT2D eigenvalue weighted by molar-refractivity contribution is 5.86. The Balaban J connectivity index is 2.48. The maximum atomic E-state index is 10.9. The van der Waals surface area contributed by atoms with Gasteiger partial charge in [-0.25, -0.2) is 4.79 Å². The molecule has 2 aromatic rings. The van der Waals surface area contributed by atoms with Crippen molar-refractivity contribution in [2.75, 3.05) is 11.5 Å². The number of primary amides is 1. The molecule has 2 aromatic carbocycles. The highest BCUT2D eigenvalue weighted by atomic mass is 16.6. The lowest BCUT2D eigenvalue weighted by molar-refractivity contribution is 0.116. The molecule has 0 radical (unpaired) electrons. The van der Waals surface area contributed by atoms with E-state index in [2.05, 4.69) is 0 Å². The third-order valence-electron chi connectivity index (χ3n) is 3.54. The van der Waals surface area contributed by atoms with E-state index in [4.69, 9.17) is 21.9 Å². The van der Waals surface area contributed by atoms with Crippen LogP contribution < -0.4 is 17.2 Å². The molecule has 0 bridgehead atoms. The normalized spacial score (nSPS) is 11.9. The first-order chi connectivity index (χ1) is 9.91. The van der Waals surface area contributed by atoms with Crippen molar-refractivity contribution >= 4 is 17.5 Å². The smallest absolute Gasteiger partial charge is 0.405 e. The molecule has 1 amide bonds. The quantitative estimate of drug-likeness (QED) is 0.754. The van der Waals surface area contributed by atoms with Crippen molar-refractivity contribution in [1.29, 1.82) is 0 Å². The Morgan fingerprint density at radius 3 is 2.38 bits per heavy atom. The standard InChI is InChI=1S/C16H19N3O2/c1-9-11(10(2)21-16(19)20)7-8-13(15(9)18)12-5-3-4-6-14(12)17/h3-8,10H,17-18H2,1-2H3,(H2,19,20). The lowest BCUT2D eigenvalue weighted by atomic mass is 9.94. The highest BCUT2D eigenvalue weighted by Gasteiger charge is 2.16. The molecule has 0 saturated carbocycles. The number of ether oxygens (including phenoxy) is 1. The zero-order chi connectivity index (χ0) is 15.6. The molecular formula is C16H19N3O2. The number of hydrogen-bond donors (Lipinski definition) is 3. The van der Waals surface area contributed by atoms with Crippen LogP contribution in [0.25, 0.3) is 11.1 Å². The van der Waals surface area contributed by atoms with Crippen LogP contribution in [-0.4, -0.2) is 6.09 Å². The van der Waals surface area contributed by atoms with Gasteiger partial charge in [0.25, 0.3) is 0 Å². The molecule has 0 aliphatic rings. The summed E-state index contributed by atoms with van der Waals surface area (Å²) in [7, 11) is 0. The minimum Gasteiger partial charge on any atom is -0.442 e. The van der Waals surface area contributed by atoms with Gasteiger partial charge in [-0.05, 0) is 31.0 Å². The van der Waals surface area contributed by atoms with Crippen LogP contribution in [0.1, 0.15) is 24.2 Å². The minimum absolute atomic E-state index is 0.452. The van der Waals surface area contributed by atoms with Gasteiger partial charge in [-0.15, -0.1) is 0 Å². The Bertz CT molecular complexity index is 683. The number of hydrogen-bond acceptors (Lipinski definition) is 4. The molecular weight excluding hydrogens is 266 g/mol. The van der Waals surface area contributed by atoms with Crippen molar-refractivity contribution in [3.05, 3.63) is 47.5 Å². The lowest BCUT2D eigenvalue weighted by Gasteiger charge is -2.18. The third kappa shape index (κ3) is 2.91.